The van der Waals surface area contributed by atoms with Crippen LogP contribution in [0.15, 0.2) is 48.5 Å². The van der Waals surface area contributed by atoms with Gasteiger partial charge in [-0.3, -0.25) is 4.98 Å². The molecular formula is C41H62N4. The minimum absolute atomic E-state index is 0.145. The van der Waals surface area contributed by atoms with Gasteiger partial charge < -0.3 is 9.88 Å². The molecule has 0 unspecified atom stereocenters. The van der Waals surface area contributed by atoms with Crippen molar-refractivity contribution in [3.63, 3.8) is 0 Å². The van der Waals surface area contributed by atoms with Crippen LogP contribution >= 0.6 is 0 Å². The number of hydrogen-bond acceptors (Lipinski definition) is 3. The fourth-order valence-corrected chi connectivity index (χ4v) is 6.53. The van der Waals surface area contributed by atoms with Crippen molar-refractivity contribution in [2.45, 2.75) is 150 Å². The van der Waals surface area contributed by atoms with E-state index in [4.69, 9.17) is 9.97 Å². The molecule has 4 heteroatoms. The van der Waals surface area contributed by atoms with E-state index in [1.54, 1.807) is 0 Å². The number of nitrogens with zero attached hydrogens (tertiary/aromatic N) is 3. The highest BCUT2D eigenvalue weighted by atomic mass is 15.1. The summed E-state index contributed by atoms with van der Waals surface area (Å²) in [6.45, 7) is 14.3. The number of hydrogen-bond donors (Lipinski definition) is 1. The first-order chi connectivity index (χ1) is 21.9. The SMILES string of the molecule is CCCCCCCCCCCCCCNCc1ccc(Cn2c(CCCC)nc3c(CC(C)(C)C)nc4ccccc4c32)cc1. The van der Waals surface area contributed by atoms with Gasteiger partial charge >= 0.3 is 0 Å². The maximum atomic E-state index is 5.29. The number of unbranched alkanes of at least 4 members (excludes halogenated alkanes) is 12. The number of benzene rings is 2. The van der Waals surface area contributed by atoms with Crippen molar-refractivity contribution in [1.82, 2.24) is 19.9 Å². The highest BCUT2D eigenvalue weighted by molar-refractivity contribution is 6.03. The van der Waals surface area contributed by atoms with Crippen molar-refractivity contribution in [2.24, 2.45) is 5.41 Å². The molecule has 0 amide bonds. The number of nitrogens with one attached hydrogen (secondary N) is 1. The van der Waals surface area contributed by atoms with E-state index in [1.165, 1.54) is 105 Å². The zero-order valence-electron chi connectivity index (χ0n) is 29.4. The highest BCUT2D eigenvalue weighted by Gasteiger charge is 2.22. The molecular weight excluding hydrogens is 548 g/mol. The molecule has 0 atom stereocenters. The lowest BCUT2D eigenvalue weighted by Crippen LogP contribution is -2.14. The van der Waals surface area contributed by atoms with Crippen LogP contribution in [0.2, 0.25) is 0 Å². The third kappa shape index (κ3) is 11.2. The van der Waals surface area contributed by atoms with Crippen molar-refractivity contribution in [3.8, 4) is 0 Å². The van der Waals surface area contributed by atoms with Crippen molar-refractivity contribution >= 4 is 21.9 Å². The fraction of sp³-hybridized carbons (Fsp3) is 0.610. The fourth-order valence-electron chi connectivity index (χ4n) is 6.53. The standard InChI is InChI=1S/C41H62N4/c1-6-8-10-11-12-13-14-15-16-17-18-21-29-42-31-33-25-27-34(28-26-33)32-45-38(24-9-7-2)44-39-37(30-41(3,4)5)43-36-23-20-19-22-35(36)40(39)45/h19-20,22-23,25-28,42H,6-18,21,24,29-32H2,1-5H3. The van der Waals surface area contributed by atoms with Gasteiger partial charge in [-0.2, -0.15) is 0 Å². The molecule has 4 rings (SSSR count). The van der Waals surface area contributed by atoms with Crippen LogP contribution in [0.3, 0.4) is 0 Å². The van der Waals surface area contributed by atoms with Gasteiger partial charge in [0, 0.05) is 24.9 Å². The molecule has 0 aliphatic rings. The monoisotopic (exact) mass is 610 g/mol. The number of imidazole rings is 1. The molecule has 2 aromatic heterocycles. The molecule has 0 saturated carbocycles. The lowest BCUT2D eigenvalue weighted by molar-refractivity contribution is 0.408. The lowest BCUT2D eigenvalue weighted by atomic mass is 9.89. The Balaban J connectivity index is 1.31. The largest absolute Gasteiger partial charge is 0.323 e. The Morgan fingerprint density at radius 1 is 0.667 bits per heavy atom. The van der Waals surface area contributed by atoms with Gasteiger partial charge in [-0.15, -0.1) is 0 Å². The number of fused-ring (bicyclic) bond motifs is 3. The van der Waals surface area contributed by atoms with E-state index in [-0.39, 0.29) is 5.41 Å². The molecule has 0 spiro atoms. The number of rotatable bonds is 21. The average molecular weight is 611 g/mol. The molecule has 246 valence electrons. The van der Waals surface area contributed by atoms with Crippen LogP contribution in [0.5, 0.6) is 0 Å². The quantitative estimate of drug-likeness (QED) is 0.0954. The van der Waals surface area contributed by atoms with E-state index in [0.717, 1.165) is 62.0 Å². The first-order valence-electron chi connectivity index (χ1n) is 18.4. The van der Waals surface area contributed by atoms with E-state index in [1.807, 2.05) is 0 Å². The van der Waals surface area contributed by atoms with E-state index in [9.17, 15) is 0 Å². The number of para-hydroxylation sites is 1. The second-order valence-corrected chi connectivity index (χ2v) is 14.6. The van der Waals surface area contributed by atoms with Crippen LogP contribution in [0.1, 0.15) is 147 Å². The van der Waals surface area contributed by atoms with Crippen molar-refractivity contribution in [3.05, 3.63) is 71.2 Å². The second-order valence-electron chi connectivity index (χ2n) is 14.6. The zero-order valence-corrected chi connectivity index (χ0v) is 29.4. The molecule has 2 heterocycles. The zero-order chi connectivity index (χ0) is 31.9. The van der Waals surface area contributed by atoms with Crippen LogP contribution in [0, 0.1) is 5.41 Å². The summed E-state index contributed by atoms with van der Waals surface area (Å²) in [5.74, 6) is 1.19. The Hall–Kier alpha value is -2.72. The Labute approximate surface area is 274 Å². The Morgan fingerprint density at radius 3 is 1.91 bits per heavy atom. The molecule has 0 saturated heterocycles. The third-order valence-corrected chi connectivity index (χ3v) is 9.09. The van der Waals surface area contributed by atoms with Crippen LogP contribution in [-0.2, 0) is 25.9 Å². The first-order valence-corrected chi connectivity index (χ1v) is 18.4. The number of pyridine rings is 1. The molecule has 1 N–H and O–H groups in total. The molecule has 0 fully saturated rings. The van der Waals surface area contributed by atoms with E-state index in [2.05, 4.69) is 93.0 Å². The van der Waals surface area contributed by atoms with Gasteiger partial charge in [0.1, 0.15) is 11.3 Å². The molecule has 0 aliphatic heterocycles. The van der Waals surface area contributed by atoms with Crippen LogP contribution in [0.25, 0.3) is 21.9 Å². The number of aryl methyl sites for hydroxylation is 1. The van der Waals surface area contributed by atoms with Crippen molar-refractivity contribution < 1.29 is 0 Å². The summed E-state index contributed by atoms with van der Waals surface area (Å²) in [6.07, 6.45) is 21.0. The first kappa shape index (κ1) is 35.1. The summed E-state index contributed by atoms with van der Waals surface area (Å²) < 4.78 is 2.49. The summed E-state index contributed by atoms with van der Waals surface area (Å²) >= 11 is 0. The van der Waals surface area contributed by atoms with E-state index < -0.39 is 0 Å². The molecule has 0 aliphatic carbocycles. The summed E-state index contributed by atoms with van der Waals surface area (Å²) in [5, 5.41) is 4.89. The van der Waals surface area contributed by atoms with Crippen molar-refractivity contribution in [1.29, 1.82) is 0 Å². The summed E-state index contributed by atoms with van der Waals surface area (Å²) in [6, 6.07) is 17.9. The minimum Gasteiger partial charge on any atom is -0.323 e. The summed E-state index contributed by atoms with van der Waals surface area (Å²) in [5.41, 5.74) is 7.38. The van der Waals surface area contributed by atoms with Gasteiger partial charge in [-0.25, -0.2) is 4.98 Å². The van der Waals surface area contributed by atoms with Gasteiger partial charge in [-0.1, -0.05) is 154 Å². The van der Waals surface area contributed by atoms with E-state index >= 15 is 0 Å². The molecule has 4 aromatic rings. The summed E-state index contributed by atoms with van der Waals surface area (Å²) in [4.78, 5) is 10.4. The van der Waals surface area contributed by atoms with Gasteiger partial charge in [0.25, 0.3) is 0 Å². The Kier molecular flexibility index (Phi) is 14.4. The molecule has 2 aromatic carbocycles. The van der Waals surface area contributed by atoms with Gasteiger partial charge in [0.2, 0.25) is 0 Å². The Bertz CT molecular complexity index is 1410. The molecule has 0 radical (unpaired) electrons. The number of aromatic nitrogens is 3. The predicted octanol–water partition coefficient (Wildman–Crippen LogP) is 11.4. The molecule has 0 bridgehead atoms. The predicted molar refractivity (Wildman–Crippen MR) is 195 cm³/mol. The minimum atomic E-state index is 0.145. The molecule has 4 nitrogen and oxygen atoms in total. The second kappa shape index (κ2) is 18.4. The van der Waals surface area contributed by atoms with Gasteiger partial charge in [-0.05, 0) is 48.4 Å². The Morgan fingerprint density at radius 2 is 1.27 bits per heavy atom. The van der Waals surface area contributed by atoms with Gasteiger partial charge in [0.15, 0.2) is 0 Å². The normalized spacial score (nSPS) is 12.1. The van der Waals surface area contributed by atoms with Crippen LogP contribution in [0.4, 0.5) is 0 Å². The maximum absolute atomic E-state index is 5.29. The molecule has 45 heavy (non-hydrogen) atoms. The topological polar surface area (TPSA) is 42.7 Å². The lowest BCUT2D eigenvalue weighted by Gasteiger charge is -2.18. The van der Waals surface area contributed by atoms with Crippen LogP contribution in [-0.4, -0.2) is 21.1 Å². The summed E-state index contributed by atoms with van der Waals surface area (Å²) in [7, 11) is 0. The van der Waals surface area contributed by atoms with Crippen molar-refractivity contribution in [2.75, 3.05) is 6.54 Å². The maximum Gasteiger partial charge on any atom is 0.111 e. The highest BCUT2D eigenvalue weighted by Crippen LogP contribution is 2.32. The van der Waals surface area contributed by atoms with Crippen LogP contribution < -0.4 is 5.32 Å². The smallest absolute Gasteiger partial charge is 0.111 e. The van der Waals surface area contributed by atoms with E-state index in [0.29, 0.717) is 0 Å². The average Bonchev–Trinajstić information content (AvgIpc) is 3.38. The third-order valence-electron chi connectivity index (χ3n) is 9.09. The van der Waals surface area contributed by atoms with Gasteiger partial charge in [0.05, 0.1) is 16.7 Å².